The molecule has 0 aromatic heterocycles. The minimum Gasteiger partial charge on any atom is -0.658 e. The molecule has 0 spiro atoms. The first-order valence-corrected chi connectivity index (χ1v) is 2.21. The van der Waals surface area contributed by atoms with Gasteiger partial charge in [0.05, 0.1) is 0 Å². The van der Waals surface area contributed by atoms with Gasteiger partial charge in [0, 0.05) is 5.91 Å². The van der Waals surface area contributed by atoms with Gasteiger partial charge in [-0.05, 0) is 0 Å². The number of hydrogen-bond donors (Lipinski definition) is 0. The van der Waals surface area contributed by atoms with Crippen LogP contribution in [0.4, 0.5) is 0 Å². The Hall–Kier alpha value is 0.158. The van der Waals surface area contributed by atoms with Gasteiger partial charge in [0.1, 0.15) is 0 Å². The summed E-state index contributed by atoms with van der Waals surface area (Å²) in [5.41, 5.74) is 0. The van der Waals surface area contributed by atoms with Crippen LogP contribution in [0.2, 0.25) is 0 Å². The molecule has 0 N–H and O–H groups in total. The number of nitrogens with zero attached hydrogens (tertiary/aromatic N) is 1. The van der Waals surface area contributed by atoms with Gasteiger partial charge in [-0.2, -0.15) is 6.92 Å². The van der Waals surface area contributed by atoms with Crippen LogP contribution in [0.3, 0.4) is 0 Å². The van der Waals surface area contributed by atoms with Crippen molar-refractivity contribution in [1.29, 1.82) is 0 Å². The van der Waals surface area contributed by atoms with Crippen LogP contribution in [0.5, 0.6) is 0 Å². The molecule has 0 heterocycles. The topological polar surface area (TPSA) is 31.2 Å². The quantitative estimate of drug-likeness (QED) is 0.699. The van der Waals surface area contributed by atoms with E-state index in [-0.39, 0.29) is 27.0 Å². The molecule has 0 aliphatic heterocycles. The molecule has 3 heteroatoms. The zero-order valence-corrected chi connectivity index (χ0v) is 7.98. The molecule has 0 atom stereocenters. The third-order valence-corrected chi connectivity index (χ3v) is 0.628. The molecule has 0 aliphatic rings. The van der Waals surface area contributed by atoms with E-state index in [9.17, 15) is 4.79 Å². The van der Waals surface area contributed by atoms with Crippen LogP contribution in [-0.2, 0) is 25.9 Å². The summed E-state index contributed by atoms with van der Waals surface area (Å²) >= 11 is 0. The van der Waals surface area contributed by atoms with E-state index in [0.29, 0.717) is 6.42 Å². The van der Waals surface area contributed by atoms with Crippen molar-refractivity contribution in [1.82, 2.24) is 0 Å². The molecule has 0 aromatic carbocycles. The summed E-state index contributed by atoms with van der Waals surface area (Å²) in [6.07, 6.45) is 2.26. The van der Waals surface area contributed by atoms with Gasteiger partial charge in [-0.1, -0.05) is 0 Å². The molecule has 0 fully saturated rings. The molecule has 0 aromatic rings. The predicted octanol–water partition coefficient (Wildman–Crippen LogP) is 1.13. The van der Waals surface area contributed by atoms with E-state index in [2.05, 4.69) is 5.32 Å². The van der Waals surface area contributed by atoms with E-state index in [0.717, 1.165) is 0 Å². The van der Waals surface area contributed by atoms with Gasteiger partial charge in [-0.3, -0.25) is 0 Å². The van der Waals surface area contributed by atoms with Gasteiger partial charge >= 0.3 is 21.1 Å². The summed E-state index contributed by atoms with van der Waals surface area (Å²) in [5.74, 6) is -0.0532. The first kappa shape index (κ1) is 11.0. The van der Waals surface area contributed by atoms with Gasteiger partial charge in [-0.25, -0.2) is 0 Å². The van der Waals surface area contributed by atoms with Crippen LogP contribution in [-0.4, -0.2) is 13.0 Å². The maximum absolute atomic E-state index is 10.2. The molecule has 8 heavy (non-hydrogen) atoms. The molecular weight excluding hydrogens is 274 g/mol. The monoisotopic (exact) mass is 283 g/mol. The van der Waals surface area contributed by atoms with Gasteiger partial charge in [0.15, 0.2) is 0 Å². The van der Waals surface area contributed by atoms with E-state index in [4.69, 9.17) is 0 Å². The second-order valence-corrected chi connectivity index (χ2v) is 1.23. The van der Waals surface area contributed by atoms with Crippen LogP contribution in [0, 0.1) is 6.42 Å². The maximum atomic E-state index is 10.2. The van der Waals surface area contributed by atoms with Gasteiger partial charge in [0.2, 0.25) is 0 Å². The Morgan fingerprint density at radius 1 is 1.75 bits per heavy atom. The molecule has 0 radical (unpaired) electrons. The number of carbonyl (C=O) groups is 1. The second kappa shape index (κ2) is 7.16. The Morgan fingerprint density at radius 2 is 2.25 bits per heavy atom. The van der Waals surface area contributed by atoms with Crippen LogP contribution >= 0.6 is 0 Å². The smallest absolute Gasteiger partial charge is 0.658 e. The minimum absolute atomic E-state index is 0. The van der Waals surface area contributed by atoms with Crippen molar-refractivity contribution in [2.75, 3.05) is 7.05 Å². The fourth-order valence-electron chi connectivity index (χ4n) is 0.266. The average Bonchev–Trinajstić information content (AvgIpc) is 1.68. The summed E-state index contributed by atoms with van der Waals surface area (Å²) in [6.45, 7) is 1.84. The van der Waals surface area contributed by atoms with Crippen molar-refractivity contribution in [3.05, 3.63) is 11.7 Å². The van der Waals surface area contributed by atoms with E-state index < -0.39 is 0 Å². The number of carbonyl (C=O) groups excluding carboxylic acids is 1. The van der Waals surface area contributed by atoms with Crippen LogP contribution in [0.15, 0.2) is 0 Å². The largest absolute Gasteiger partial charge is 2.00 e. The third kappa shape index (κ3) is 6.16. The average molecular weight is 283 g/mol. The zero-order chi connectivity index (χ0) is 5.70. The van der Waals surface area contributed by atoms with E-state index in [1.165, 1.54) is 7.05 Å². The summed E-state index contributed by atoms with van der Waals surface area (Å²) in [6, 6.07) is 0. The Balaban J connectivity index is 0. The number of rotatable bonds is 2. The fraction of sp³-hybridized carbons (Fsp3) is 0.600. The zero-order valence-electron chi connectivity index (χ0n) is 5.05. The van der Waals surface area contributed by atoms with E-state index in [1.54, 1.807) is 6.42 Å². The molecular formula is C5H9NOW. The maximum Gasteiger partial charge on any atom is 2.00 e. The molecule has 0 rings (SSSR count). The Morgan fingerprint density at radius 3 is 2.38 bits per heavy atom. The molecule has 2 nitrogen and oxygen atoms in total. The number of hydrogen-bond acceptors (Lipinski definition) is 1. The van der Waals surface area contributed by atoms with Crippen molar-refractivity contribution in [2.45, 2.75) is 13.3 Å². The molecule has 0 saturated heterocycles. The molecule has 1 amide bonds. The van der Waals surface area contributed by atoms with Crippen molar-refractivity contribution in [3.63, 3.8) is 0 Å². The summed E-state index contributed by atoms with van der Waals surface area (Å²) in [4.78, 5) is 10.2. The van der Waals surface area contributed by atoms with Crippen molar-refractivity contribution >= 4 is 5.91 Å². The molecule has 0 saturated carbocycles. The van der Waals surface area contributed by atoms with Crippen LogP contribution in [0.25, 0.3) is 5.32 Å². The Labute approximate surface area is 64.3 Å². The third-order valence-electron chi connectivity index (χ3n) is 0.628. The van der Waals surface area contributed by atoms with E-state index in [1.807, 2.05) is 6.92 Å². The van der Waals surface area contributed by atoms with Crippen LogP contribution < -0.4 is 0 Å². The van der Waals surface area contributed by atoms with Crippen molar-refractivity contribution in [3.8, 4) is 0 Å². The number of amides is 1. The molecule has 0 bridgehead atoms. The van der Waals surface area contributed by atoms with E-state index >= 15 is 0 Å². The Bertz CT molecular complexity index is 65.4. The van der Waals surface area contributed by atoms with Crippen molar-refractivity contribution in [2.24, 2.45) is 0 Å². The van der Waals surface area contributed by atoms with Crippen molar-refractivity contribution < 1.29 is 25.9 Å². The molecule has 0 aliphatic carbocycles. The Kier molecular flexibility index (Phi) is 9.86. The standard InChI is InChI=1S/C5H10NO.W/c1-3-4-5(7)6-2;/h3H,4H2,1-2H3,(H,6,7);/q-1;+2/p-1. The SMILES string of the molecule is C[CH-]CC(=O)[N-]C.[W+2]. The minimum atomic E-state index is -0.0532. The van der Waals surface area contributed by atoms with Gasteiger partial charge < -0.3 is 16.5 Å². The summed E-state index contributed by atoms with van der Waals surface area (Å²) in [7, 11) is 1.51. The summed E-state index contributed by atoms with van der Waals surface area (Å²) < 4.78 is 0. The first-order chi connectivity index (χ1) is 3.31. The second-order valence-electron chi connectivity index (χ2n) is 1.23. The molecule has 46 valence electrons. The summed E-state index contributed by atoms with van der Waals surface area (Å²) in [5, 5.41) is 3.41. The molecule has 0 unspecified atom stereocenters. The first-order valence-electron chi connectivity index (χ1n) is 2.21. The normalized spacial score (nSPS) is 7.25. The fourth-order valence-corrected chi connectivity index (χ4v) is 0.266. The van der Waals surface area contributed by atoms with Gasteiger partial charge in [-0.15, -0.1) is 13.5 Å². The van der Waals surface area contributed by atoms with Crippen LogP contribution in [0.1, 0.15) is 13.3 Å². The predicted molar refractivity (Wildman–Crippen MR) is 28.9 cm³/mol. The van der Waals surface area contributed by atoms with Gasteiger partial charge in [0.25, 0.3) is 0 Å².